The zero-order chi connectivity index (χ0) is 16.4. The minimum Gasteiger partial charge on any atom is -0.384 e. The molecule has 0 spiro atoms. The number of carbonyl (C=O) groups is 1. The van der Waals surface area contributed by atoms with Crippen LogP contribution >= 0.6 is 0 Å². The summed E-state index contributed by atoms with van der Waals surface area (Å²) in [6.45, 7) is 2.37. The van der Waals surface area contributed by atoms with Crippen molar-refractivity contribution in [2.45, 2.75) is 11.8 Å². The first-order chi connectivity index (χ1) is 11.1. The Morgan fingerprint density at radius 1 is 1.00 bits per heavy atom. The van der Waals surface area contributed by atoms with Gasteiger partial charge in [-0.3, -0.25) is 4.79 Å². The molecule has 0 saturated heterocycles. The maximum atomic E-state index is 12.7. The van der Waals surface area contributed by atoms with Crippen molar-refractivity contribution in [1.29, 1.82) is 0 Å². The van der Waals surface area contributed by atoms with E-state index in [0.29, 0.717) is 23.5 Å². The first kappa shape index (κ1) is 15.3. The van der Waals surface area contributed by atoms with Gasteiger partial charge >= 0.3 is 0 Å². The van der Waals surface area contributed by atoms with Crippen LogP contribution in [0, 0.1) is 0 Å². The molecule has 3 rings (SSSR count). The Hall–Kier alpha value is -2.60. The smallest absolute Gasteiger partial charge is 0.269 e. The SMILES string of the molecule is CCNC1=C(C(=O)Nc2ccccc2)S(=O)(=O)c2ccccc21. The average Bonchev–Trinajstić information content (AvgIpc) is 2.77. The highest BCUT2D eigenvalue weighted by Crippen LogP contribution is 2.38. The van der Waals surface area contributed by atoms with Crippen LogP contribution in [0.15, 0.2) is 64.4 Å². The lowest BCUT2D eigenvalue weighted by Crippen LogP contribution is -2.22. The van der Waals surface area contributed by atoms with Crippen molar-refractivity contribution in [3.63, 3.8) is 0 Å². The van der Waals surface area contributed by atoms with E-state index in [1.807, 2.05) is 13.0 Å². The maximum absolute atomic E-state index is 12.7. The van der Waals surface area contributed by atoms with E-state index in [0.717, 1.165) is 0 Å². The second kappa shape index (κ2) is 5.89. The number of hydrogen-bond acceptors (Lipinski definition) is 4. The maximum Gasteiger partial charge on any atom is 0.269 e. The molecule has 2 aromatic rings. The Bertz CT molecular complexity index is 887. The lowest BCUT2D eigenvalue weighted by Gasteiger charge is -2.09. The van der Waals surface area contributed by atoms with Crippen LogP contribution in [0.5, 0.6) is 0 Å². The summed E-state index contributed by atoms with van der Waals surface area (Å²) < 4.78 is 25.5. The molecule has 2 N–H and O–H groups in total. The second-order valence-electron chi connectivity index (χ2n) is 5.05. The zero-order valence-corrected chi connectivity index (χ0v) is 13.4. The molecular weight excluding hydrogens is 312 g/mol. The molecule has 0 aliphatic carbocycles. The predicted molar refractivity (Wildman–Crippen MR) is 89.3 cm³/mol. The molecule has 118 valence electrons. The van der Waals surface area contributed by atoms with Gasteiger partial charge in [0, 0.05) is 17.8 Å². The number of sulfone groups is 1. The first-order valence-electron chi connectivity index (χ1n) is 7.24. The van der Waals surface area contributed by atoms with Gasteiger partial charge < -0.3 is 10.6 Å². The summed E-state index contributed by atoms with van der Waals surface area (Å²) >= 11 is 0. The lowest BCUT2D eigenvalue weighted by molar-refractivity contribution is -0.112. The van der Waals surface area contributed by atoms with E-state index >= 15 is 0 Å². The van der Waals surface area contributed by atoms with Crippen molar-refractivity contribution >= 4 is 27.1 Å². The van der Waals surface area contributed by atoms with Gasteiger partial charge in [-0.15, -0.1) is 0 Å². The third-order valence-electron chi connectivity index (χ3n) is 3.53. The van der Waals surface area contributed by atoms with Gasteiger partial charge in [0.15, 0.2) is 4.91 Å². The van der Waals surface area contributed by atoms with Crippen molar-refractivity contribution < 1.29 is 13.2 Å². The Kier molecular flexibility index (Phi) is 3.92. The molecule has 0 unspecified atom stereocenters. The highest BCUT2D eigenvalue weighted by molar-refractivity contribution is 7.97. The van der Waals surface area contributed by atoms with Gasteiger partial charge in [-0.2, -0.15) is 0 Å². The summed E-state index contributed by atoms with van der Waals surface area (Å²) in [6, 6.07) is 15.4. The quantitative estimate of drug-likeness (QED) is 0.904. The summed E-state index contributed by atoms with van der Waals surface area (Å²) in [5.41, 5.74) is 1.44. The van der Waals surface area contributed by atoms with Gasteiger partial charge in [-0.25, -0.2) is 8.42 Å². The molecule has 0 bridgehead atoms. The molecule has 2 aromatic carbocycles. The van der Waals surface area contributed by atoms with Crippen molar-refractivity contribution in [3.05, 3.63) is 65.1 Å². The largest absolute Gasteiger partial charge is 0.384 e. The van der Waals surface area contributed by atoms with E-state index in [2.05, 4.69) is 10.6 Å². The molecule has 0 atom stereocenters. The predicted octanol–water partition coefficient (Wildman–Crippen LogP) is 2.39. The molecule has 1 aliphatic heterocycles. The van der Waals surface area contributed by atoms with E-state index in [-0.39, 0.29) is 9.80 Å². The van der Waals surface area contributed by atoms with Crippen LogP contribution in [0.2, 0.25) is 0 Å². The van der Waals surface area contributed by atoms with E-state index in [4.69, 9.17) is 0 Å². The van der Waals surface area contributed by atoms with Gasteiger partial charge in [-0.05, 0) is 25.1 Å². The van der Waals surface area contributed by atoms with Crippen molar-refractivity contribution in [3.8, 4) is 0 Å². The third-order valence-corrected chi connectivity index (χ3v) is 5.40. The van der Waals surface area contributed by atoms with Gasteiger partial charge in [0.2, 0.25) is 9.84 Å². The lowest BCUT2D eigenvalue weighted by atomic mass is 10.1. The van der Waals surface area contributed by atoms with Crippen LogP contribution in [-0.2, 0) is 14.6 Å². The van der Waals surface area contributed by atoms with E-state index in [1.165, 1.54) is 6.07 Å². The summed E-state index contributed by atoms with van der Waals surface area (Å²) in [4.78, 5) is 12.5. The van der Waals surface area contributed by atoms with Crippen molar-refractivity contribution in [1.82, 2.24) is 5.32 Å². The first-order valence-corrected chi connectivity index (χ1v) is 8.73. The molecule has 6 heteroatoms. The number of benzene rings is 2. The standard InChI is InChI=1S/C17H16N2O3S/c1-2-18-15-13-10-6-7-11-14(13)23(21,22)16(15)17(20)19-12-8-4-3-5-9-12/h3-11,18H,2H2,1H3,(H,19,20). The number of rotatable bonds is 4. The second-order valence-corrected chi connectivity index (χ2v) is 6.91. The number of amides is 1. The molecular formula is C17H16N2O3S. The number of nitrogens with one attached hydrogen (secondary N) is 2. The summed E-state index contributed by atoms with van der Waals surface area (Å²) in [5, 5.41) is 5.66. The minimum absolute atomic E-state index is 0.161. The van der Waals surface area contributed by atoms with Crippen LogP contribution in [-0.4, -0.2) is 20.9 Å². The topological polar surface area (TPSA) is 75.3 Å². The normalized spacial score (nSPS) is 15.2. The van der Waals surface area contributed by atoms with Crippen LogP contribution < -0.4 is 10.6 Å². The molecule has 1 heterocycles. The number of para-hydroxylation sites is 1. The average molecular weight is 328 g/mol. The van der Waals surface area contributed by atoms with Crippen LogP contribution in [0.3, 0.4) is 0 Å². The Balaban J connectivity index is 2.08. The highest BCUT2D eigenvalue weighted by atomic mass is 32.2. The molecule has 0 radical (unpaired) electrons. The molecule has 1 aliphatic rings. The Labute approximate surface area is 135 Å². The molecule has 1 amide bonds. The van der Waals surface area contributed by atoms with Gasteiger partial charge in [-0.1, -0.05) is 36.4 Å². The summed E-state index contributed by atoms with van der Waals surface area (Å²) in [6.07, 6.45) is 0. The molecule has 23 heavy (non-hydrogen) atoms. The van der Waals surface area contributed by atoms with Gasteiger partial charge in [0.1, 0.15) is 0 Å². The van der Waals surface area contributed by atoms with Crippen LogP contribution in [0.25, 0.3) is 5.70 Å². The number of fused-ring (bicyclic) bond motifs is 1. The van der Waals surface area contributed by atoms with Gasteiger partial charge in [0.05, 0.1) is 10.6 Å². The summed E-state index contributed by atoms with van der Waals surface area (Å²) in [5.74, 6) is -0.636. The molecule has 0 saturated carbocycles. The highest BCUT2D eigenvalue weighted by Gasteiger charge is 2.39. The number of anilines is 1. The monoisotopic (exact) mass is 328 g/mol. The van der Waals surface area contributed by atoms with E-state index < -0.39 is 15.7 Å². The van der Waals surface area contributed by atoms with E-state index in [1.54, 1.807) is 42.5 Å². The van der Waals surface area contributed by atoms with E-state index in [9.17, 15) is 13.2 Å². The Morgan fingerprint density at radius 2 is 1.65 bits per heavy atom. The fraction of sp³-hybridized carbons (Fsp3) is 0.118. The van der Waals surface area contributed by atoms with Crippen molar-refractivity contribution in [2.24, 2.45) is 0 Å². The van der Waals surface area contributed by atoms with Crippen LogP contribution in [0.4, 0.5) is 5.69 Å². The molecule has 0 aromatic heterocycles. The Morgan fingerprint density at radius 3 is 2.35 bits per heavy atom. The van der Waals surface area contributed by atoms with Crippen molar-refractivity contribution in [2.75, 3.05) is 11.9 Å². The van der Waals surface area contributed by atoms with Gasteiger partial charge in [0.25, 0.3) is 5.91 Å². The summed E-state index contributed by atoms with van der Waals surface area (Å²) in [7, 11) is -3.83. The van der Waals surface area contributed by atoms with Crippen LogP contribution in [0.1, 0.15) is 12.5 Å². The number of carbonyl (C=O) groups excluding carboxylic acids is 1. The zero-order valence-electron chi connectivity index (χ0n) is 12.5. The molecule has 0 fully saturated rings. The number of hydrogen-bond donors (Lipinski definition) is 2. The third kappa shape index (κ3) is 2.61. The molecule has 5 nitrogen and oxygen atoms in total. The fourth-order valence-electron chi connectivity index (χ4n) is 2.57. The fourth-order valence-corrected chi connectivity index (χ4v) is 4.25. The minimum atomic E-state index is -3.83.